The second-order valence-corrected chi connectivity index (χ2v) is 8.08. The van der Waals surface area contributed by atoms with Gasteiger partial charge in [0.15, 0.2) is 5.96 Å². The molecule has 1 aromatic rings. The molecule has 0 aliphatic carbocycles. The molecule has 0 aromatic heterocycles. The molecule has 0 saturated carbocycles. The zero-order valence-electron chi connectivity index (χ0n) is 18.6. The Hall–Kier alpha value is -1.35. The number of carbonyl (C=O) groups is 1. The quantitative estimate of drug-likeness (QED) is 0.360. The molecular weight excluding hydrogens is 491 g/mol. The van der Waals surface area contributed by atoms with Gasteiger partial charge in [-0.3, -0.25) is 9.79 Å². The minimum Gasteiger partial charge on any atom is -0.370 e. The Labute approximate surface area is 198 Å². The molecule has 1 amide bonds. The Bertz CT molecular complexity index is 712. The summed E-state index contributed by atoms with van der Waals surface area (Å²) < 4.78 is 6.05. The van der Waals surface area contributed by atoms with Gasteiger partial charge in [-0.05, 0) is 51.2 Å². The van der Waals surface area contributed by atoms with Crippen LogP contribution in [0.5, 0.6) is 0 Å². The van der Waals surface area contributed by atoms with Crippen LogP contribution in [0.1, 0.15) is 56.8 Å². The van der Waals surface area contributed by atoms with Gasteiger partial charge in [-0.15, -0.1) is 24.0 Å². The molecular formula is C23H37IN4O2. The fraction of sp³-hybridized carbons (Fsp3) is 0.652. The van der Waals surface area contributed by atoms with Gasteiger partial charge >= 0.3 is 0 Å². The lowest BCUT2D eigenvalue weighted by Crippen LogP contribution is -2.48. The van der Waals surface area contributed by atoms with Crippen molar-refractivity contribution in [2.45, 2.75) is 58.6 Å². The fourth-order valence-corrected chi connectivity index (χ4v) is 4.27. The van der Waals surface area contributed by atoms with Gasteiger partial charge in [0.1, 0.15) is 6.10 Å². The lowest BCUT2D eigenvalue weighted by atomic mass is 10.0. The molecule has 30 heavy (non-hydrogen) atoms. The average Bonchev–Trinajstić information content (AvgIpc) is 2.74. The number of guanidine groups is 1. The first-order chi connectivity index (χ1) is 14.1. The third-order valence-electron chi connectivity index (χ3n) is 5.95. The maximum atomic E-state index is 12.6. The monoisotopic (exact) mass is 528 g/mol. The Balaban J connectivity index is 0.00000320. The molecule has 0 bridgehead atoms. The van der Waals surface area contributed by atoms with E-state index in [1.807, 2.05) is 4.90 Å². The molecule has 0 radical (unpaired) electrons. The second kappa shape index (κ2) is 12.5. The number of rotatable bonds is 5. The summed E-state index contributed by atoms with van der Waals surface area (Å²) in [6.07, 6.45) is 3.99. The van der Waals surface area contributed by atoms with E-state index in [1.54, 1.807) is 0 Å². The van der Waals surface area contributed by atoms with E-state index < -0.39 is 0 Å². The lowest BCUT2D eigenvalue weighted by molar-refractivity contribution is -0.134. The van der Waals surface area contributed by atoms with Crippen molar-refractivity contribution in [2.75, 3.05) is 39.3 Å². The first-order valence-corrected chi connectivity index (χ1v) is 11.1. The van der Waals surface area contributed by atoms with Crippen LogP contribution in [0, 0.1) is 6.92 Å². The predicted octanol–water partition coefficient (Wildman–Crippen LogP) is 3.74. The largest absolute Gasteiger partial charge is 0.370 e. The van der Waals surface area contributed by atoms with Crippen molar-refractivity contribution < 1.29 is 9.53 Å². The molecule has 2 aliphatic rings. The number of hydrogen-bond acceptors (Lipinski definition) is 3. The van der Waals surface area contributed by atoms with E-state index >= 15 is 0 Å². The number of aliphatic imine (C=N–C) groups is 1. The molecule has 2 aliphatic heterocycles. The highest BCUT2D eigenvalue weighted by Crippen LogP contribution is 2.25. The van der Waals surface area contributed by atoms with Gasteiger partial charge in [0.25, 0.3) is 0 Å². The highest BCUT2D eigenvalue weighted by Gasteiger charge is 2.26. The smallest absolute Gasteiger partial charge is 0.224 e. The first-order valence-electron chi connectivity index (χ1n) is 11.1. The number of halogens is 1. The average molecular weight is 528 g/mol. The van der Waals surface area contributed by atoms with Gasteiger partial charge in [-0.2, -0.15) is 0 Å². The van der Waals surface area contributed by atoms with Gasteiger partial charge in [0, 0.05) is 32.1 Å². The highest BCUT2D eigenvalue weighted by molar-refractivity contribution is 14.0. The van der Waals surface area contributed by atoms with Crippen LogP contribution >= 0.6 is 24.0 Å². The number of morpholine rings is 1. The maximum Gasteiger partial charge on any atom is 0.224 e. The maximum absolute atomic E-state index is 12.6. The molecule has 7 heteroatoms. The fourth-order valence-electron chi connectivity index (χ4n) is 4.27. The summed E-state index contributed by atoms with van der Waals surface area (Å²) in [4.78, 5) is 21.7. The Morgan fingerprint density at radius 2 is 2.07 bits per heavy atom. The van der Waals surface area contributed by atoms with Gasteiger partial charge in [0.05, 0.1) is 19.7 Å². The molecule has 2 fully saturated rings. The molecule has 3 rings (SSSR count). The third kappa shape index (κ3) is 6.57. The van der Waals surface area contributed by atoms with Crippen molar-refractivity contribution in [1.29, 1.82) is 0 Å². The van der Waals surface area contributed by atoms with E-state index in [4.69, 9.17) is 9.73 Å². The molecule has 2 heterocycles. The van der Waals surface area contributed by atoms with Crippen LogP contribution in [0.25, 0.3) is 0 Å². The number of carbonyl (C=O) groups excluding carboxylic acids is 1. The normalized spacial score (nSPS) is 22.4. The van der Waals surface area contributed by atoms with Crippen LogP contribution in [0.3, 0.4) is 0 Å². The van der Waals surface area contributed by atoms with Crippen LogP contribution in [-0.2, 0) is 9.53 Å². The van der Waals surface area contributed by atoms with Crippen molar-refractivity contribution in [1.82, 2.24) is 15.1 Å². The summed E-state index contributed by atoms with van der Waals surface area (Å²) in [5.41, 5.74) is 2.49. The van der Waals surface area contributed by atoms with Crippen molar-refractivity contribution in [3.05, 3.63) is 35.4 Å². The molecule has 2 atom stereocenters. The number of aryl methyl sites for hydroxylation is 1. The van der Waals surface area contributed by atoms with E-state index in [-0.39, 0.29) is 36.0 Å². The number of amides is 1. The zero-order chi connectivity index (χ0) is 20.6. The van der Waals surface area contributed by atoms with Crippen molar-refractivity contribution >= 4 is 35.8 Å². The number of nitrogens with zero attached hydrogens (tertiary/aromatic N) is 3. The number of piperidine rings is 1. The van der Waals surface area contributed by atoms with Crippen LogP contribution in [0.2, 0.25) is 0 Å². The summed E-state index contributed by atoms with van der Waals surface area (Å²) in [5.74, 6) is 1.12. The van der Waals surface area contributed by atoms with E-state index in [0.29, 0.717) is 25.6 Å². The summed E-state index contributed by atoms with van der Waals surface area (Å²) in [7, 11) is 0. The Morgan fingerprint density at radius 1 is 1.27 bits per heavy atom. The van der Waals surface area contributed by atoms with Gasteiger partial charge in [-0.25, -0.2) is 0 Å². The minimum atomic E-state index is 0. The first kappa shape index (κ1) is 24.9. The molecule has 2 saturated heterocycles. The summed E-state index contributed by atoms with van der Waals surface area (Å²) >= 11 is 0. The molecule has 6 nitrogen and oxygen atoms in total. The summed E-state index contributed by atoms with van der Waals surface area (Å²) in [6.45, 7) is 10.8. The van der Waals surface area contributed by atoms with Gasteiger partial charge in [-0.1, -0.05) is 24.3 Å². The lowest BCUT2D eigenvalue weighted by Gasteiger charge is -2.36. The third-order valence-corrected chi connectivity index (χ3v) is 5.95. The van der Waals surface area contributed by atoms with Gasteiger partial charge in [0.2, 0.25) is 5.91 Å². The van der Waals surface area contributed by atoms with Crippen molar-refractivity contribution in [3.63, 3.8) is 0 Å². The van der Waals surface area contributed by atoms with Crippen LogP contribution < -0.4 is 5.32 Å². The number of nitrogens with one attached hydrogen (secondary N) is 1. The number of likely N-dealkylation sites (tertiary alicyclic amines) is 1. The van der Waals surface area contributed by atoms with Crippen LogP contribution in [-0.4, -0.2) is 67.0 Å². The topological polar surface area (TPSA) is 57.2 Å². The number of hydrogen-bond donors (Lipinski definition) is 1. The Morgan fingerprint density at radius 3 is 2.80 bits per heavy atom. The van der Waals surface area contributed by atoms with E-state index in [1.165, 1.54) is 17.5 Å². The summed E-state index contributed by atoms with van der Waals surface area (Å²) in [6, 6.07) is 8.76. The SMILES string of the molecule is CCNC(=NCCC(=O)N1CCCCC1C)N1CCOC(c2ccccc2C)C1.I. The Kier molecular flexibility index (Phi) is 10.4. The van der Waals surface area contributed by atoms with Crippen molar-refractivity contribution in [3.8, 4) is 0 Å². The van der Waals surface area contributed by atoms with E-state index in [2.05, 4.69) is 55.3 Å². The zero-order valence-corrected chi connectivity index (χ0v) is 20.9. The van der Waals surface area contributed by atoms with Crippen LogP contribution in [0.15, 0.2) is 29.3 Å². The standard InChI is InChI=1S/C23H36N4O2.HI/c1-4-24-23(25-13-12-22(28)27-14-8-7-10-19(27)3)26-15-16-29-21(17-26)20-11-6-5-9-18(20)2;/h5-6,9,11,19,21H,4,7-8,10,12-17H2,1-3H3,(H,24,25);1H. The second-order valence-electron chi connectivity index (χ2n) is 8.08. The number of benzene rings is 1. The number of ether oxygens (including phenoxy) is 1. The van der Waals surface area contributed by atoms with Gasteiger partial charge < -0.3 is 19.9 Å². The predicted molar refractivity (Wildman–Crippen MR) is 132 cm³/mol. The van der Waals surface area contributed by atoms with Crippen LogP contribution in [0.4, 0.5) is 0 Å². The highest BCUT2D eigenvalue weighted by atomic mass is 127. The molecule has 168 valence electrons. The molecule has 1 aromatic carbocycles. The molecule has 0 spiro atoms. The minimum absolute atomic E-state index is 0. The van der Waals surface area contributed by atoms with E-state index in [9.17, 15) is 4.79 Å². The van der Waals surface area contributed by atoms with E-state index in [0.717, 1.165) is 45.0 Å². The molecule has 1 N–H and O–H groups in total. The summed E-state index contributed by atoms with van der Waals surface area (Å²) in [5, 5.41) is 3.40. The van der Waals surface area contributed by atoms with Crippen molar-refractivity contribution in [2.24, 2.45) is 4.99 Å². The molecule has 2 unspecified atom stereocenters.